The molecule has 0 radical (unpaired) electrons. The van der Waals surface area contributed by atoms with E-state index in [0.29, 0.717) is 36.1 Å². The molecule has 2 rings (SSSR count). The molecule has 0 fully saturated rings. The number of nitrogen functional groups attached to an aromatic ring is 1. The normalized spacial score (nSPS) is 9.90. The summed E-state index contributed by atoms with van der Waals surface area (Å²) < 4.78 is 5.46. The number of hydrogen-bond donors (Lipinski definition) is 2. The van der Waals surface area contributed by atoms with E-state index in [1.165, 1.54) is 6.33 Å². The topological polar surface area (TPSA) is 96.9 Å². The average Bonchev–Trinajstić information content (AvgIpc) is 2.53. The predicted octanol–water partition coefficient (Wildman–Crippen LogP) is 2.33. The molecule has 1 heterocycles. The smallest absolute Gasteiger partial charge is 0.242 e. The zero-order valence-corrected chi connectivity index (χ0v) is 11.8. The molecule has 3 N–H and O–H groups in total. The number of ether oxygens (including phenoxy) is 1. The Labute approximate surface area is 123 Å². The molecule has 1 aromatic heterocycles. The van der Waals surface area contributed by atoms with E-state index >= 15 is 0 Å². The molecule has 0 bridgehead atoms. The fraction of sp³-hybridized carbons (Fsp3) is 0.267. The van der Waals surface area contributed by atoms with E-state index in [2.05, 4.69) is 21.4 Å². The molecule has 0 spiro atoms. The third kappa shape index (κ3) is 3.83. The van der Waals surface area contributed by atoms with E-state index in [-0.39, 0.29) is 0 Å². The second-order valence-corrected chi connectivity index (χ2v) is 4.46. The zero-order valence-electron chi connectivity index (χ0n) is 11.8. The number of nitrogens with two attached hydrogens (primary N) is 1. The van der Waals surface area contributed by atoms with Crippen LogP contribution < -0.4 is 15.8 Å². The van der Waals surface area contributed by atoms with Gasteiger partial charge in [-0.3, -0.25) is 0 Å². The van der Waals surface area contributed by atoms with Crippen molar-refractivity contribution in [1.82, 2.24) is 9.97 Å². The molecule has 0 aliphatic heterocycles. The van der Waals surface area contributed by atoms with Crippen molar-refractivity contribution in [1.29, 1.82) is 5.26 Å². The third-order valence-electron chi connectivity index (χ3n) is 2.81. The molecule has 2 aromatic rings. The lowest BCUT2D eigenvalue weighted by Crippen LogP contribution is -2.08. The number of hydrogen-bond acceptors (Lipinski definition) is 6. The van der Waals surface area contributed by atoms with Crippen LogP contribution in [0.4, 0.5) is 11.5 Å². The summed E-state index contributed by atoms with van der Waals surface area (Å²) in [5.41, 5.74) is 7.97. The summed E-state index contributed by atoms with van der Waals surface area (Å²) in [6, 6.07) is 9.46. The quantitative estimate of drug-likeness (QED) is 0.844. The van der Waals surface area contributed by atoms with Gasteiger partial charge in [0.15, 0.2) is 5.82 Å². The summed E-state index contributed by atoms with van der Waals surface area (Å²) in [5, 5.41) is 12.0. The van der Waals surface area contributed by atoms with Crippen molar-refractivity contribution in [2.75, 3.05) is 17.7 Å². The molecule has 21 heavy (non-hydrogen) atoms. The minimum absolute atomic E-state index is 0.389. The van der Waals surface area contributed by atoms with E-state index in [0.717, 1.165) is 12.0 Å². The van der Waals surface area contributed by atoms with Crippen molar-refractivity contribution in [2.24, 2.45) is 0 Å². The Morgan fingerprint density at radius 1 is 1.38 bits per heavy atom. The van der Waals surface area contributed by atoms with Crippen LogP contribution in [-0.4, -0.2) is 16.6 Å². The molecule has 0 saturated heterocycles. The highest BCUT2D eigenvalue weighted by Crippen LogP contribution is 2.25. The molecule has 0 atom stereocenters. The van der Waals surface area contributed by atoms with Gasteiger partial charge < -0.3 is 15.8 Å². The monoisotopic (exact) mass is 283 g/mol. The molecule has 0 amide bonds. The van der Waals surface area contributed by atoms with Gasteiger partial charge in [0.25, 0.3) is 0 Å². The first-order chi connectivity index (χ1) is 10.2. The third-order valence-corrected chi connectivity index (χ3v) is 2.81. The molecule has 6 heteroatoms. The van der Waals surface area contributed by atoms with Crippen molar-refractivity contribution in [2.45, 2.75) is 19.9 Å². The lowest BCUT2D eigenvalue weighted by atomic mass is 10.1. The minimum atomic E-state index is 0.389. The van der Waals surface area contributed by atoms with E-state index in [4.69, 9.17) is 15.7 Å². The van der Waals surface area contributed by atoms with Crippen LogP contribution in [0.25, 0.3) is 0 Å². The number of aromatic nitrogens is 2. The Balaban J connectivity index is 2.07. The van der Waals surface area contributed by atoms with Gasteiger partial charge in [-0.15, -0.1) is 0 Å². The predicted molar refractivity (Wildman–Crippen MR) is 80.7 cm³/mol. The first-order valence-electron chi connectivity index (χ1n) is 6.70. The van der Waals surface area contributed by atoms with Crippen LogP contribution in [0.3, 0.4) is 0 Å². The van der Waals surface area contributed by atoms with Gasteiger partial charge in [0.2, 0.25) is 5.88 Å². The molecular formula is C15H17N5O. The highest BCUT2D eigenvalue weighted by atomic mass is 16.5. The first kappa shape index (κ1) is 14.6. The summed E-state index contributed by atoms with van der Waals surface area (Å²) >= 11 is 0. The number of nitrogens with one attached hydrogen (secondary N) is 1. The summed E-state index contributed by atoms with van der Waals surface area (Å²) in [4.78, 5) is 8.13. The molecule has 1 aromatic carbocycles. The maximum absolute atomic E-state index is 8.88. The van der Waals surface area contributed by atoms with Crippen LogP contribution in [-0.2, 0) is 6.54 Å². The van der Waals surface area contributed by atoms with Crippen LogP contribution in [0.15, 0.2) is 30.6 Å². The van der Waals surface area contributed by atoms with Gasteiger partial charge in [-0.05, 0) is 24.1 Å². The van der Waals surface area contributed by atoms with E-state index in [1.807, 2.05) is 25.1 Å². The highest BCUT2D eigenvalue weighted by Gasteiger charge is 2.08. The summed E-state index contributed by atoms with van der Waals surface area (Å²) in [6.07, 6.45) is 2.29. The van der Waals surface area contributed by atoms with E-state index < -0.39 is 0 Å². The van der Waals surface area contributed by atoms with Crippen molar-refractivity contribution < 1.29 is 4.74 Å². The second-order valence-electron chi connectivity index (χ2n) is 4.46. The SMILES string of the molecule is CCCOc1ncnc(NCc2cccc(C#N)c2)c1N. The average molecular weight is 283 g/mol. The van der Waals surface area contributed by atoms with Crippen molar-refractivity contribution >= 4 is 11.5 Å². The lowest BCUT2D eigenvalue weighted by molar-refractivity contribution is 0.306. The fourth-order valence-electron chi connectivity index (χ4n) is 1.77. The largest absolute Gasteiger partial charge is 0.476 e. The van der Waals surface area contributed by atoms with Gasteiger partial charge in [-0.1, -0.05) is 19.1 Å². The summed E-state index contributed by atoms with van der Waals surface area (Å²) in [7, 11) is 0. The molecule has 6 nitrogen and oxygen atoms in total. The number of rotatable bonds is 6. The van der Waals surface area contributed by atoms with Gasteiger partial charge in [-0.2, -0.15) is 10.2 Å². The number of nitriles is 1. The standard InChI is InChI=1S/C15H17N5O/c1-2-6-21-15-13(17)14(19-10-20-15)18-9-12-5-3-4-11(7-12)8-16/h3-5,7,10H,2,6,9,17H2,1H3,(H,18,19,20). The Kier molecular flexibility index (Phi) is 4.94. The molecule has 0 aliphatic carbocycles. The van der Waals surface area contributed by atoms with Crippen LogP contribution in [0.5, 0.6) is 5.88 Å². The minimum Gasteiger partial charge on any atom is -0.476 e. The van der Waals surface area contributed by atoms with Gasteiger partial charge in [0.05, 0.1) is 18.2 Å². The first-order valence-corrected chi connectivity index (χ1v) is 6.70. The maximum Gasteiger partial charge on any atom is 0.242 e. The zero-order chi connectivity index (χ0) is 15.1. The van der Waals surface area contributed by atoms with Crippen LogP contribution in [0.1, 0.15) is 24.5 Å². The maximum atomic E-state index is 8.88. The van der Waals surface area contributed by atoms with Gasteiger partial charge in [-0.25, -0.2) is 4.98 Å². The molecule has 0 saturated carbocycles. The molecular weight excluding hydrogens is 266 g/mol. The van der Waals surface area contributed by atoms with Crippen LogP contribution >= 0.6 is 0 Å². The van der Waals surface area contributed by atoms with Gasteiger partial charge in [0.1, 0.15) is 12.0 Å². The Morgan fingerprint density at radius 3 is 3.00 bits per heavy atom. The van der Waals surface area contributed by atoms with Gasteiger partial charge in [0, 0.05) is 6.54 Å². The highest BCUT2D eigenvalue weighted by molar-refractivity contribution is 5.66. The van der Waals surface area contributed by atoms with E-state index in [1.54, 1.807) is 6.07 Å². The van der Waals surface area contributed by atoms with Crippen LogP contribution in [0, 0.1) is 11.3 Å². The number of benzene rings is 1. The number of nitrogens with zero attached hydrogens (tertiary/aromatic N) is 3. The Hall–Kier alpha value is -2.81. The van der Waals surface area contributed by atoms with Crippen molar-refractivity contribution in [3.8, 4) is 11.9 Å². The van der Waals surface area contributed by atoms with Gasteiger partial charge >= 0.3 is 0 Å². The lowest BCUT2D eigenvalue weighted by Gasteiger charge is -2.11. The van der Waals surface area contributed by atoms with Crippen molar-refractivity contribution in [3.63, 3.8) is 0 Å². The van der Waals surface area contributed by atoms with E-state index in [9.17, 15) is 0 Å². The second kappa shape index (κ2) is 7.10. The summed E-state index contributed by atoms with van der Waals surface area (Å²) in [6.45, 7) is 3.09. The molecule has 108 valence electrons. The summed E-state index contributed by atoms with van der Waals surface area (Å²) in [5.74, 6) is 0.915. The fourth-order valence-corrected chi connectivity index (χ4v) is 1.77. The Bertz CT molecular complexity index is 651. The molecule has 0 aliphatic rings. The number of anilines is 2. The van der Waals surface area contributed by atoms with Crippen molar-refractivity contribution in [3.05, 3.63) is 41.7 Å². The Morgan fingerprint density at radius 2 is 2.24 bits per heavy atom. The van der Waals surface area contributed by atoms with Crippen LogP contribution in [0.2, 0.25) is 0 Å². The molecule has 0 unspecified atom stereocenters.